The lowest BCUT2D eigenvalue weighted by Crippen LogP contribution is -2.51. The number of thioether (sulfide) groups is 1. The zero-order chi connectivity index (χ0) is 22.4. The van der Waals surface area contributed by atoms with Crippen LogP contribution in [-0.4, -0.2) is 53.8 Å². The summed E-state index contributed by atoms with van der Waals surface area (Å²) >= 11 is 1.53. The second-order valence-electron chi connectivity index (χ2n) is 7.37. The van der Waals surface area contributed by atoms with Crippen molar-refractivity contribution < 1.29 is 24.2 Å². The number of carbonyl (C=O) groups is 3. The van der Waals surface area contributed by atoms with Gasteiger partial charge in [0.2, 0.25) is 5.91 Å². The summed E-state index contributed by atoms with van der Waals surface area (Å²) in [5, 5.41) is 14.0. The third kappa shape index (κ3) is 5.38. The van der Waals surface area contributed by atoms with Gasteiger partial charge in [-0.05, 0) is 47.6 Å². The highest BCUT2D eigenvalue weighted by Gasteiger charge is 2.30. The predicted molar refractivity (Wildman–Crippen MR) is 120 cm³/mol. The molecule has 0 saturated heterocycles. The molecule has 0 radical (unpaired) electrons. The summed E-state index contributed by atoms with van der Waals surface area (Å²) in [5.41, 5.74) is 4.46. The van der Waals surface area contributed by atoms with Gasteiger partial charge in [-0.1, -0.05) is 48.5 Å². The summed E-state index contributed by atoms with van der Waals surface area (Å²) in [6.45, 7) is 1.52. The second-order valence-corrected chi connectivity index (χ2v) is 8.36. The number of hydrogen-bond acceptors (Lipinski definition) is 5. The summed E-state index contributed by atoms with van der Waals surface area (Å²) in [6.07, 6.45) is 1.55. The lowest BCUT2D eigenvalue weighted by Gasteiger charge is -2.20. The molecule has 1 unspecified atom stereocenters. The molecule has 0 spiro atoms. The normalized spacial score (nSPS) is 14.1. The molecular weight excluding hydrogens is 416 g/mol. The predicted octanol–water partition coefficient (Wildman–Crippen LogP) is 3.24. The van der Waals surface area contributed by atoms with Gasteiger partial charge in [0.05, 0.1) is 0 Å². The highest BCUT2D eigenvalue weighted by Crippen LogP contribution is 2.44. The van der Waals surface area contributed by atoms with Crippen molar-refractivity contribution in [1.29, 1.82) is 0 Å². The van der Waals surface area contributed by atoms with Crippen LogP contribution in [0.4, 0.5) is 4.79 Å². The number of carboxylic acid groups (broad SMARTS) is 1. The molecule has 0 aliphatic heterocycles. The van der Waals surface area contributed by atoms with Crippen LogP contribution in [0.1, 0.15) is 30.4 Å². The van der Waals surface area contributed by atoms with E-state index in [-0.39, 0.29) is 12.5 Å². The number of hydrogen-bond donors (Lipinski definition) is 3. The Labute approximate surface area is 185 Å². The van der Waals surface area contributed by atoms with Crippen LogP contribution in [-0.2, 0) is 14.3 Å². The molecule has 0 fully saturated rings. The number of fused-ring (bicyclic) bond motifs is 3. The first-order valence-corrected chi connectivity index (χ1v) is 11.5. The number of benzene rings is 2. The summed E-state index contributed by atoms with van der Waals surface area (Å²) in [4.78, 5) is 35.9. The lowest BCUT2D eigenvalue weighted by atomic mass is 9.98. The Hall–Kier alpha value is -3.00. The summed E-state index contributed by atoms with van der Waals surface area (Å²) in [5.74, 6) is -1.14. The molecule has 2 amide bonds. The fourth-order valence-corrected chi connectivity index (χ4v) is 4.13. The number of carbonyl (C=O) groups excluding carboxylic acids is 2. The van der Waals surface area contributed by atoms with Crippen LogP contribution in [0.15, 0.2) is 48.5 Å². The molecule has 1 aliphatic rings. The van der Waals surface area contributed by atoms with Gasteiger partial charge < -0.3 is 20.5 Å². The zero-order valence-corrected chi connectivity index (χ0v) is 18.3. The van der Waals surface area contributed by atoms with E-state index in [0.717, 1.165) is 22.3 Å². The molecule has 31 heavy (non-hydrogen) atoms. The largest absolute Gasteiger partial charge is 0.480 e. The quantitative estimate of drug-likeness (QED) is 0.551. The van der Waals surface area contributed by atoms with Gasteiger partial charge in [-0.25, -0.2) is 4.79 Å². The van der Waals surface area contributed by atoms with Crippen LogP contribution >= 0.6 is 11.8 Å². The number of alkyl carbamates (subject to hydrolysis) is 1. The maximum absolute atomic E-state index is 12.5. The molecule has 8 heteroatoms. The van der Waals surface area contributed by atoms with Gasteiger partial charge in [-0.3, -0.25) is 9.59 Å². The highest BCUT2D eigenvalue weighted by atomic mass is 32.2. The topological polar surface area (TPSA) is 105 Å². The first kappa shape index (κ1) is 22.7. The van der Waals surface area contributed by atoms with Crippen molar-refractivity contribution in [3.8, 4) is 11.1 Å². The van der Waals surface area contributed by atoms with Crippen molar-refractivity contribution in [2.75, 3.05) is 18.6 Å². The van der Waals surface area contributed by atoms with Gasteiger partial charge in [0.25, 0.3) is 0 Å². The van der Waals surface area contributed by atoms with E-state index in [1.54, 1.807) is 0 Å². The van der Waals surface area contributed by atoms with Crippen molar-refractivity contribution >= 4 is 29.7 Å². The molecule has 3 N–H and O–H groups in total. The number of rotatable bonds is 9. The van der Waals surface area contributed by atoms with Crippen LogP contribution in [0.5, 0.6) is 0 Å². The first-order chi connectivity index (χ1) is 14.9. The number of aliphatic carboxylic acids is 1. The molecule has 2 aromatic rings. The summed E-state index contributed by atoms with van der Waals surface area (Å²) < 4.78 is 5.50. The van der Waals surface area contributed by atoms with Gasteiger partial charge in [0.15, 0.2) is 0 Å². The van der Waals surface area contributed by atoms with Crippen molar-refractivity contribution in [2.45, 2.75) is 31.3 Å². The van der Waals surface area contributed by atoms with Crippen LogP contribution in [0.3, 0.4) is 0 Å². The fraction of sp³-hybridized carbons (Fsp3) is 0.348. The summed E-state index contributed by atoms with van der Waals surface area (Å²) in [7, 11) is 0. The minimum absolute atomic E-state index is 0.0799. The minimum Gasteiger partial charge on any atom is -0.480 e. The molecule has 1 aliphatic carbocycles. The number of amides is 2. The van der Waals surface area contributed by atoms with Crippen LogP contribution in [0, 0.1) is 0 Å². The van der Waals surface area contributed by atoms with E-state index >= 15 is 0 Å². The molecule has 0 aromatic heterocycles. The molecular formula is C23H26N2O5S. The molecule has 3 rings (SSSR count). The molecule has 0 bridgehead atoms. The molecule has 0 saturated carbocycles. The average molecular weight is 443 g/mol. The Bertz CT molecular complexity index is 919. The van der Waals surface area contributed by atoms with E-state index in [1.807, 2.05) is 42.7 Å². The fourth-order valence-electron chi connectivity index (χ4n) is 3.66. The number of nitrogens with one attached hydrogen (secondary N) is 2. The van der Waals surface area contributed by atoms with Crippen LogP contribution < -0.4 is 10.6 Å². The van der Waals surface area contributed by atoms with Gasteiger partial charge in [-0.2, -0.15) is 11.8 Å². The summed E-state index contributed by atoms with van der Waals surface area (Å²) in [6, 6.07) is 14.2. The van der Waals surface area contributed by atoms with E-state index in [0.29, 0.717) is 12.2 Å². The van der Waals surface area contributed by atoms with Crippen molar-refractivity contribution in [1.82, 2.24) is 10.6 Å². The van der Waals surface area contributed by atoms with Gasteiger partial charge in [0.1, 0.15) is 18.7 Å². The third-order valence-electron chi connectivity index (χ3n) is 5.29. The van der Waals surface area contributed by atoms with Gasteiger partial charge in [-0.15, -0.1) is 0 Å². The standard InChI is InChI=1S/C23H26N2O5S/c1-14(22(27)28)24-21(26)20(11-12-31-2)25-23(29)30-13-19-17-9-5-3-7-15(17)16-8-4-6-10-18(16)19/h3-10,14,19-20H,11-13H2,1-2H3,(H,24,26)(H,25,29)(H,27,28)/t14-,20?/m0/s1. The zero-order valence-electron chi connectivity index (χ0n) is 17.5. The SMILES string of the molecule is CSCCC(NC(=O)OCC1c2ccccc2-c2ccccc21)C(=O)N[C@@H](C)C(=O)O. The second kappa shape index (κ2) is 10.3. The third-order valence-corrected chi connectivity index (χ3v) is 5.94. The molecule has 7 nitrogen and oxygen atoms in total. The Morgan fingerprint density at radius 3 is 2.16 bits per heavy atom. The van der Waals surface area contributed by atoms with E-state index < -0.39 is 30.1 Å². The Morgan fingerprint density at radius 1 is 1.03 bits per heavy atom. The van der Waals surface area contributed by atoms with E-state index in [4.69, 9.17) is 9.84 Å². The lowest BCUT2D eigenvalue weighted by molar-refractivity contribution is -0.141. The van der Waals surface area contributed by atoms with Crippen molar-refractivity contribution in [3.05, 3.63) is 59.7 Å². The highest BCUT2D eigenvalue weighted by molar-refractivity contribution is 7.98. The van der Waals surface area contributed by atoms with E-state index in [2.05, 4.69) is 22.8 Å². The smallest absolute Gasteiger partial charge is 0.407 e. The maximum Gasteiger partial charge on any atom is 0.407 e. The van der Waals surface area contributed by atoms with Crippen LogP contribution in [0.25, 0.3) is 11.1 Å². The maximum atomic E-state index is 12.5. The van der Waals surface area contributed by atoms with E-state index in [9.17, 15) is 14.4 Å². The van der Waals surface area contributed by atoms with Gasteiger partial charge >= 0.3 is 12.1 Å². The Morgan fingerprint density at radius 2 is 1.61 bits per heavy atom. The monoisotopic (exact) mass is 442 g/mol. The van der Waals surface area contributed by atoms with Gasteiger partial charge in [0, 0.05) is 5.92 Å². The minimum atomic E-state index is -1.14. The van der Waals surface area contributed by atoms with Crippen molar-refractivity contribution in [3.63, 3.8) is 0 Å². The molecule has 2 atom stereocenters. The van der Waals surface area contributed by atoms with Crippen LogP contribution in [0.2, 0.25) is 0 Å². The first-order valence-electron chi connectivity index (χ1n) is 10.1. The average Bonchev–Trinajstić information content (AvgIpc) is 3.08. The van der Waals surface area contributed by atoms with Crippen molar-refractivity contribution in [2.24, 2.45) is 0 Å². The number of carboxylic acids is 1. The molecule has 164 valence electrons. The molecule has 0 heterocycles. The molecule has 2 aromatic carbocycles. The Balaban J connectivity index is 1.65. The Kier molecular flexibility index (Phi) is 7.57. The van der Waals surface area contributed by atoms with E-state index in [1.165, 1.54) is 18.7 Å². The number of ether oxygens (including phenoxy) is 1.